The van der Waals surface area contributed by atoms with Gasteiger partial charge in [-0.05, 0) is 37.3 Å². The molecule has 3 rings (SSSR count). The second kappa shape index (κ2) is 5.50. The summed E-state index contributed by atoms with van der Waals surface area (Å²) >= 11 is 0. The second-order valence-electron chi connectivity index (χ2n) is 6.91. The molecule has 1 N–H and O–H groups in total. The van der Waals surface area contributed by atoms with Crippen LogP contribution in [0.15, 0.2) is 24.3 Å². The predicted molar refractivity (Wildman–Crippen MR) is 79.2 cm³/mol. The second-order valence-corrected chi connectivity index (χ2v) is 6.91. The Morgan fingerprint density at radius 1 is 1.29 bits per heavy atom. The van der Waals surface area contributed by atoms with Crippen molar-refractivity contribution in [3.8, 4) is 0 Å². The van der Waals surface area contributed by atoms with Gasteiger partial charge in [-0.15, -0.1) is 0 Å². The van der Waals surface area contributed by atoms with Crippen LogP contribution in [0.5, 0.6) is 0 Å². The molecule has 0 aromatic heterocycles. The minimum atomic E-state index is -4.44. The first-order valence-electron chi connectivity index (χ1n) is 7.82. The Bertz CT molecular complexity index is 688. The molecule has 130 valence electrons. The summed E-state index contributed by atoms with van der Waals surface area (Å²) in [7, 11) is 0. The van der Waals surface area contributed by atoms with Crippen molar-refractivity contribution < 1.29 is 27.9 Å². The summed E-state index contributed by atoms with van der Waals surface area (Å²) < 4.78 is 39.3. The first kappa shape index (κ1) is 16.8. The van der Waals surface area contributed by atoms with E-state index in [4.69, 9.17) is 0 Å². The summed E-state index contributed by atoms with van der Waals surface area (Å²) in [6, 6.07) is 5.34. The van der Waals surface area contributed by atoms with Crippen molar-refractivity contribution in [2.24, 2.45) is 11.3 Å². The Kier molecular flexibility index (Phi) is 3.85. The Labute approximate surface area is 137 Å². The normalized spacial score (nSPS) is 29.6. The lowest BCUT2D eigenvalue weighted by Gasteiger charge is -2.20. The molecule has 0 bridgehead atoms. The van der Waals surface area contributed by atoms with E-state index in [9.17, 15) is 27.9 Å². The number of halogens is 3. The van der Waals surface area contributed by atoms with Crippen molar-refractivity contribution in [2.75, 3.05) is 13.1 Å². The highest BCUT2D eigenvalue weighted by Gasteiger charge is 2.51. The van der Waals surface area contributed by atoms with Gasteiger partial charge in [0.15, 0.2) is 0 Å². The number of aliphatic carboxylic acids is 1. The smallest absolute Gasteiger partial charge is 0.416 e. The molecule has 1 heterocycles. The van der Waals surface area contributed by atoms with E-state index in [1.54, 1.807) is 13.0 Å². The average molecular weight is 341 g/mol. The molecule has 1 aliphatic heterocycles. The molecule has 1 aromatic rings. The number of carboxylic acids is 1. The maximum absolute atomic E-state index is 13.1. The van der Waals surface area contributed by atoms with E-state index in [2.05, 4.69) is 0 Å². The first-order chi connectivity index (χ1) is 11.1. The van der Waals surface area contributed by atoms with Crippen LogP contribution in [-0.2, 0) is 15.8 Å². The molecule has 1 aromatic carbocycles. The van der Waals surface area contributed by atoms with Gasteiger partial charge in [0.25, 0.3) is 0 Å². The zero-order valence-electron chi connectivity index (χ0n) is 13.1. The van der Waals surface area contributed by atoms with Crippen LogP contribution in [-0.4, -0.2) is 35.0 Å². The minimum Gasteiger partial charge on any atom is -0.481 e. The van der Waals surface area contributed by atoms with Gasteiger partial charge >= 0.3 is 12.1 Å². The highest BCUT2D eigenvalue weighted by Crippen LogP contribution is 2.52. The average Bonchev–Trinajstić information content (AvgIpc) is 3.21. The van der Waals surface area contributed by atoms with Crippen LogP contribution in [0, 0.1) is 11.3 Å². The minimum absolute atomic E-state index is 0.116. The van der Waals surface area contributed by atoms with Crippen molar-refractivity contribution in [3.63, 3.8) is 0 Å². The number of carboxylic acid groups (broad SMARTS) is 1. The number of alkyl halides is 3. The monoisotopic (exact) mass is 341 g/mol. The van der Waals surface area contributed by atoms with Crippen molar-refractivity contribution in [1.29, 1.82) is 0 Å². The van der Waals surface area contributed by atoms with E-state index in [-0.39, 0.29) is 18.0 Å². The molecule has 1 saturated carbocycles. The quantitative estimate of drug-likeness (QED) is 0.919. The largest absolute Gasteiger partial charge is 0.481 e. The number of nitrogens with zero attached hydrogens (tertiary/aromatic N) is 1. The lowest BCUT2D eigenvalue weighted by molar-refractivity contribution is -0.147. The molecule has 1 saturated heterocycles. The number of carbonyl (C=O) groups excluding carboxylic acids is 1. The zero-order chi connectivity index (χ0) is 17.7. The van der Waals surface area contributed by atoms with Gasteiger partial charge in [-0.1, -0.05) is 18.2 Å². The number of likely N-dealkylation sites (tertiary alicyclic amines) is 1. The van der Waals surface area contributed by atoms with E-state index < -0.39 is 35.0 Å². The summed E-state index contributed by atoms with van der Waals surface area (Å²) in [6.07, 6.45) is -3.70. The Morgan fingerprint density at radius 2 is 1.96 bits per heavy atom. The van der Waals surface area contributed by atoms with E-state index in [0.717, 1.165) is 6.07 Å². The fourth-order valence-electron chi connectivity index (χ4n) is 3.45. The molecule has 1 aliphatic carbocycles. The van der Waals surface area contributed by atoms with Gasteiger partial charge in [-0.2, -0.15) is 13.2 Å². The Morgan fingerprint density at radius 3 is 2.54 bits per heavy atom. The van der Waals surface area contributed by atoms with Crippen LogP contribution >= 0.6 is 0 Å². The highest BCUT2D eigenvalue weighted by molar-refractivity contribution is 5.85. The van der Waals surface area contributed by atoms with Crippen molar-refractivity contribution in [3.05, 3.63) is 35.4 Å². The molecule has 7 heteroatoms. The van der Waals surface area contributed by atoms with E-state index in [1.165, 1.54) is 17.0 Å². The lowest BCUT2D eigenvalue weighted by atomic mass is 9.90. The Hall–Kier alpha value is -2.05. The van der Waals surface area contributed by atoms with Crippen LogP contribution < -0.4 is 0 Å². The third-order valence-corrected chi connectivity index (χ3v) is 5.07. The van der Waals surface area contributed by atoms with Gasteiger partial charge in [0.1, 0.15) is 0 Å². The highest BCUT2D eigenvalue weighted by atomic mass is 19.4. The third kappa shape index (κ3) is 2.87. The molecular formula is C17H18F3NO3. The van der Waals surface area contributed by atoms with E-state index in [0.29, 0.717) is 19.4 Å². The summed E-state index contributed by atoms with van der Waals surface area (Å²) in [4.78, 5) is 25.3. The number of rotatable bonds is 3. The SMILES string of the molecule is C[C@]1(C(=O)O)CCN(C(=O)[C@H]2C[C@@H]2c2ccccc2C(F)(F)F)C1. The number of hydrogen-bond donors (Lipinski definition) is 1. The van der Waals surface area contributed by atoms with Crippen LogP contribution in [0.1, 0.15) is 36.8 Å². The van der Waals surface area contributed by atoms with Crippen LogP contribution in [0.25, 0.3) is 0 Å². The summed E-state index contributed by atoms with van der Waals surface area (Å²) in [6.45, 7) is 2.04. The lowest BCUT2D eigenvalue weighted by Crippen LogP contribution is -2.35. The fourth-order valence-corrected chi connectivity index (χ4v) is 3.45. The first-order valence-corrected chi connectivity index (χ1v) is 7.82. The molecule has 2 aliphatic rings. The number of benzene rings is 1. The molecule has 3 atom stereocenters. The molecule has 0 unspecified atom stereocenters. The molecule has 0 radical (unpaired) electrons. The molecule has 1 amide bonds. The summed E-state index contributed by atoms with van der Waals surface area (Å²) in [5, 5.41) is 9.22. The molecule has 24 heavy (non-hydrogen) atoms. The fraction of sp³-hybridized carbons (Fsp3) is 0.529. The van der Waals surface area contributed by atoms with Crippen molar-refractivity contribution >= 4 is 11.9 Å². The zero-order valence-corrected chi connectivity index (χ0v) is 13.1. The molecular weight excluding hydrogens is 323 g/mol. The summed E-state index contributed by atoms with van der Waals surface area (Å²) in [5.41, 5.74) is -1.50. The maximum atomic E-state index is 13.1. The van der Waals surface area contributed by atoms with Gasteiger partial charge in [0.05, 0.1) is 11.0 Å². The number of carbonyl (C=O) groups is 2. The Balaban J connectivity index is 1.73. The van der Waals surface area contributed by atoms with E-state index >= 15 is 0 Å². The van der Waals surface area contributed by atoms with Gasteiger partial charge in [0.2, 0.25) is 5.91 Å². The maximum Gasteiger partial charge on any atom is 0.416 e. The van der Waals surface area contributed by atoms with Crippen LogP contribution in [0.3, 0.4) is 0 Å². The van der Waals surface area contributed by atoms with Gasteiger partial charge < -0.3 is 10.0 Å². The van der Waals surface area contributed by atoms with Crippen molar-refractivity contribution in [2.45, 2.75) is 31.9 Å². The van der Waals surface area contributed by atoms with E-state index in [1.807, 2.05) is 0 Å². The molecule has 2 fully saturated rings. The van der Waals surface area contributed by atoms with Crippen LogP contribution in [0.4, 0.5) is 13.2 Å². The molecule has 4 nitrogen and oxygen atoms in total. The standard InChI is InChI=1S/C17H18F3NO3/c1-16(15(23)24)6-7-21(9-16)14(22)12-8-11(12)10-4-2-3-5-13(10)17(18,19)20/h2-5,11-12H,6-9H2,1H3,(H,23,24)/t11-,12+,16+/m1/s1. The topological polar surface area (TPSA) is 57.6 Å². The van der Waals surface area contributed by atoms with Gasteiger partial charge in [-0.3, -0.25) is 9.59 Å². The van der Waals surface area contributed by atoms with Gasteiger partial charge in [-0.25, -0.2) is 0 Å². The van der Waals surface area contributed by atoms with Crippen molar-refractivity contribution in [1.82, 2.24) is 4.90 Å². The third-order valence-electron chi connectivity index (χ3n) is 5.07. The van der Waals surface area contributed by atoms with Crippen LogP contribution in [0.2, 0.25) is 0 Å². The van der Waals surface area contributed by atoms with Gasteiger partial charge in [0, 0.05) is 19.0 Å². The molecule has 0 spiro atoms. The number of amides is 1. The summed E-state index contributed by atoms with van der Waals surface area (Å²) in [5.74, 6) is -2.11. The predicted octanol–water partition coefficient (Wildman–Crippen LogP) is 3.13. The number of hydrogen-bond acceptors (Lipinski definition) is 2.